The summed E-state index contributed by atoms with van der Waals surface area (Å²) in [5.74, 6) is -0.0554. The second-order valence-electron chi connectivity index (χ2n) is 3.65. The number of halogens is 3. The molecule has 0 aromatic carbocycles. The SMILES string of the molecule is CC(C)c1cc(CO)nn1CC(F)(F)F. The van der Waals surface area contributed by atoms with E-state index < -0.39 is 12.7 Å². The highest BCUT2D eigenvalue weighted by molar-refractivity contribution is 5.13. The molecule has 0 fully saturated rings. The minimum atomic E-state index is -4.29. The maximum Gasteiger partial charge on any atom is 0.408 e. The van der Waals surface area contributed by atoms with Gasteiger partial charge in [0.25, 0.3) is 0 Å². The van der Waals surface area contributed by atoms with Crippen molar-refractivity contribution in [2.45, 2.75) is 39.1 Å². The van der Waals surface area contributed by atoms with Crippen LogP contribution < -0.4 is 0 Å². The number of aliphatic hydroxyl groups excluding tert-OH is 1. The molecule has 0 bridgehead atoms. The molecule has 0 unspecified atom stereocenters. The second kappa shape index (κ2) is 4.22. The van der Waals surface area contributed by atoms with Crippen LogP contribution in [0, 0.1) is 0 Å². The topological polar surface area (TPSA) is 38.1 Å². The highest BCUT2D eigenvalue weighted by atomic mass is 19.4. The third kappa shape index (κ3) is 3.23. The van der Waals surface area contributed by atoms with E-state index in [-0.39, 0.29) is 18.2 Å². The zero-order valence-corrected chi connectivity index (χ0v) is 8.54. The van der Waals surface area contributed by atoms with Gasteiger partial charge in [-0.15, -0.1) is 0 Å². The average molecular weight is 222 g/mol. The van der Waals surface area contributed by atoms with Crippen LogP contribution in [0.4, 0.5) is 13.2 Å². The van der Waals surface area contributed by atoms with E-state index in [2.05, 4.69) is 5.10 Å². The van der Waals surface area contributed by atoms with Crippen LogP contribution in [0.5, 0.6) is 0 Å². The summed E-state index contributed by atoms with van der Waals surface area (Å²) >= 11 is 0. The number of alkyl halides is 3. The number of nitrogens with zero attached hydrogens (tertiary/aromatic N) is 2. The van der Waals surface area contributed by atoms with Crippen LogP contribution in [-0.2, 0) is 13.2 Å². The predicted octanol–water partition coefficient (Wildman–Crippen LogP) is 2.06. The Kier molecular flexibility index (Phi) is 3.38. The van der Waals surface area contributed by atoms with Crippen LogP contribution in [-0.4, -0.2) is 21.1 Å². The van der Waals surface area contributed by atoms with Gasteiger partial charge in [-0.2, -0.15) is 18.3 Å². The number of aliphatic hydroxyl groups is 1. The van der Waals surface area contributed by atoms with Gasteiger partial charge in [-0.25, -0.2) is 0 Å². The zero-order chi connectivity index (χ0) is 11.6. The summed E-state index contributed by atoms with van der Waals surface area (Å²) in [5, 5.41) is 12.5. The highest BCUT2D eigenvalue weighted by Gasteiger charge is 2.30. The third-order valence-electron chi connectivity index (χ3n) is 1.94. The lowest BCUT2D eigenvalue weighted by Gasteiger charge is -2.11. The summed E-state index contributed by atoms with van der Waals surface area (Å²) in [6, 6.07) is 1.50. The fraction of sp³-hybridized carbons (Fsp3) is 0.667. The van der Waals surface area contributed by atoms with Gasteiger partial charge in [0, 0.05) is 5.69 Å². The molecule has 6 heteroatoms. The summed E-state index contributed by atoms with van der Waals surface area (Å²) in [6.45, 7) is 2.11. The summed E-state index contributed by atoms with van der Waals surface area (Å²) in [6.07, 6.45) is -4.29. The molecule has 0 aliphatic rings. The van der Waals surface area contributed by atoms with Crippen LogP contribution >= 0.6 is 0 Å². The normalized spacial score (nSPS) is 12.5. The van der Waals surface area contributed by atoms with Gasteiger partial charge in [-0.1, -0.05) is 13.8 Å². The van der Waals surface area contributed by atoms with E-state index in [0.29, 0.717) is 5.69 Å². The van der Waals surface area contributed by atoms with E-state index in [4.69, 9.17) is 5.11 Å². The van der Waals surface area contributed by atoms with Crippen LogP contribution in [0.3, 0.4) is 0 Å². The predicted molar refractivity (Wildman–Crippen MR) is 48.3 cm³/mol. The van der Waals surface area contributed by atoms with Crippen molar-refractivity contribution in [3.8, 4) is 0 Å². The van der Waals surface area contributed by atoms with Crippen molar-refractivity contribution in [1.82, 2.24) is 9.78 Å². The first-order chi connectivity index (χ1) is 6.83. The first kappa shape index (κ1) is 12.0. The van der Waals surface area contributed by atoms with Crippen molar-refractivity contribution < 1.29 is 18.3 Å². The molecule has 0 atom stereocenters. The average Bonchev–Trinajstić information content (AvgIpc) is 2.44. The first-order valence-electron chi connectivity index (χ1n) is 4.57. The summed E-state index contributed by atoms with van der Waals surface area (Å²) in [4.78, 5) is 0. The van der Waals surface area contributed by atoms with Gasteiger partial charge in [-0.3, -0.25) is 4.68 Å². The Morgan fingerprint density at radius 1 is 1.47 bits per heavy atom. The minimum absolute atomic E-state index is 0.0554. The number of rotatable bonds is 3. The lowest BCUT2D eigenvalue weighted by atomic mass is 10.1. The minimum Gasteiger partial charge on any atom is -0.390 e. The van der Waals surface area contributed by atoms with E-state index in [0.717, 1.165) is 4.68 Å². The standard InChI is InChI=1S/C9H13F3N2O/c1-6(2)8-3-7(4-15)13-14(8)5-9(10,11)12/h3,6,15H,4-5H2,1-2H3. The highest BCUT2D eigenvalue weighted by Crippen LogP contribution is 2.22. The van der Waals surface area contributed by atoms with Gasteiger partial charge in [-0.05, 0) is 12.0 Å². The Morgan fingerprint density at radius 3 is 2.47 bits per heavy atom. The van der Waals surface area contributed by atoms with Crippen LogP contribution in [0.25, 0.3) is 0 Å². The zero-order valence-electron chi connectivity index (χ0n) is 8.54. The van der Waals surface area contributed by atoms with E-state index in [1.165, 1.54) is 6.07 Å². The molecule has 0 saturated carbocycles. The molecular formula is C9H13F3N2O. The fourth-order valence-corrected chi connectivity index (χ4v) is 1.33. The van der Waals surface area contributed by atoms with E-state index in [1.807, 2.05) is 0 Å². The Morgan fingerprint density at radius 2 is 2.07 bits per heavy atom. The molecule has 0 aliphatic carbocycles. The van der Waals surface area contributed by atoms with Crippen LogP contribution in [0.15, 0.2) is 6.07 Å². The van der Waals surface area contributed by atoms with E-state index in [9.17, 15) is 13.2 Å². The third-order valence-corrected chi connectivity index (χ3v) is 1.94. The Balaban J connectivity index is 2.99. The maximum atomic E-state index is 12.2. The molecule has 1 N–H and O–H groups in total. The monoisotopic (exact) mass is 222 g/mol. The molecule has 1 aromatic heterocycles. The Bertz CT molecular complexity index is 331. The van der Waals surface area contributed by atoms with Gasteiger partial charge in [0.2, 0.25) is 0 Å². The summed E-state index contributed by atoms with van der Waals surface area (Å²) in [7, 11) is 0. The number of hydrogen-bond acceptors (Lipinski definition) is 2. The molecule has 1 heterocycles. The Hall–Kier alpha value is -1.04. The van der Waals surface area contributed by atoms with Crippen molar-refractivity contribution >= 4 is 0 Å². The van der Waals surface area contributed by atoms with Crippen molar-refractivity contribution in [3.63, 3.8) is 0 Å². The van der Waals surface area contributed by atoms with Crippen molar-refractivity contribution in [1.29, 1.82) is 0 Å². The number of aromatic nitrogens is 2. The molecule has 0 amide bonds. The van der Waals surface area contributed by atoms with E-state index in [1.54, 1.807) is 13.8 Å². The van der Waals surface area contributed by atoms with Crippen LogP contribution in [0.2, 0.25) is 0 Å². The van der Waals surface area contributed by atoms with Gasteiger partial charge in [0.15, 0.2) is 0 Å². The Labute approximate surface area is 85.5 Å². The molecule has 0 radical (unpaired) electrons. The van der Waals surface area contributed by atoms with Crippen molar-refractivity contribution in [3.05, 3.63) is 17.5 Å². The molecule has 1 rings (SSSR count). The number of hydrogen-bond donors (Lipinski definition) is 1. The quantitative estimate of drug-likeness (QED) is 0.850. The van der Waals surface area contributed by atoms with Gasteiger partial charge >= 0.3 is 6.18 Å². The molecule has 0 spiro atoms. The first-order valence-corrected chi connectivity index (χ1v) is 4.57. The summed E-state index contributed by atoms with van der Waals surface area (Å²) in [5.41, 5.74) is 0.749. The van der Waals surface area contributed by atoms with Crippen molar-refractivity contribution in [2.24, 2.45) is 0 Å². The van der Waals surface area contributed by atoms with Gasteiger partial charge in [0.05, 0.1) is 12.3 Å². The van der Waals surface area contributed by atoms with E-state index >= 15 is 0 Å². The molecule has 15 heavy (non-hydrogen) atoms. The summed E-state index contributed by atoms with van der Waals surface area (Å²) < 4.78 is 37.4. The van der Waals surface area contributed by atoms with Gasteiger partial charge < -0.3 is 5.11 Å². The maximum absolute atomic E-state index is 12.2. The van der Waals surface area contributed by atoms with Crippen LogP contribution in [0.1, 0.15) is 31.2 Å². The lowest BCUT2D eigenvalue weighted by Crippen LogP contribution is -2.20. The molecular weight excluding hydrogens is 209 g/mol. The lowest BCUT2D eigenvalue weighted by molar-refractivity contribution is -0.143. The molecule has 0 aliphatic heterocycles. The molecule has 3 nitrogen and oxygen atoms in total. The fourth-order valence-electron chi connectivity index (χ4n) is 1.33. The van der Waals surface area contributed by atoms with Gasteiger partial charge in [0.1, 0.15) is 6.54 Å². The molecule has 1 aromatic rings. The largest absolute Gasteiger partial charge is 0.408 e. The smallest absolute Gasteiger partial charge is 0.390 e. The second-order valence-corrected chi connectivity index (χ2v) is 3.65. The molecule has 86 valence electrons. The molecule has 0 saturated heterocycles. The van der Waals surface area contributed by atoms with Crippen molar-refractivity contribution in [2.75, 3.05) is 0 Å².